The molecule has 4 rings (SSSR count). The Balaban J connectivity index is 1.33. The van der Waals surface area contributed by atoms with Gasteiger partial charge in [-0.25, -0.2) is 0 Å². The van der Waals surface area contributed by atoms with Gasteiger partial charge < -0.3 is 9.84 Å². The lowest BCUT2D eigenvalue weighted by Gasteiger charge is -2.58. The predicted molar refractivity (Wildman–Crippen MR) is 149 cm³/mol. The first-order valence-corrected chi connectivity index (χ1v) is 15.7. The van der Waals surface area contributed by atoms with E-state index in [2.05, 4.69) is 40.7 Å². The molecule has 37 heavy (non-hydrogen) atoms. The van der Waals surface area contributed by atoms with E-state index in [1.54, 1.807) is 5.57 Å². The molecule has 0 aromatic heterocycles. The maximum atomic E-state index is 12.4. The molecule has 3 saturated carbocycles. The Bertz CT molecular complexity index is 845. The summed E-state index contributed by atoms with van der Waals surface area (Å²) in [4.78, 5) is 23.1. The van der Waals surface area contributed by atoms with Crippen LogP contribution in [0.3, 0.4) is 0 Å². The van der Waals surface area contributed by atoms with E-state index < -0.39 is 5.97 Å². The van der Waals surface area contributed by atoms with E-state index in [4.69, 9.17) is 9.84 Å². The van der Waals surface area contributed by atoms with Crippen LogP contribution in [0.15, 0.2) is 11.6 Å². The summed E-state index contributed by atoms with van der Waals surface area (Å²) >= 11 is 0. The van der Waals surface area contributed by atoms with Crippen LogP contribution in [0.4, 0.5) is 0 Å². The molecule has 0 amide bonds. The number of carbonyl (C=O) groups excluding carboxylic acids is 1. The maximum absolute atomic E-state index is 12.4. The third-order valence-corrected chi connectivity index (χ3v) is 11.9. The summed E-state index contributed by atoms with van der Waals surface area (Å²) < 4.78 is 5.87. The zero-order valence-electron chi connectivity index (χ0n) is 24.4. The monoisotopic (exact) mass is 514 g/mol. The van der Waals surface area contributed by atoms with E-state index in [9.17, 15) is 9.59 Å². The van der Waals surface area contributed by atoms with Crippen molar-refractivity contribution in [3.05, 3.63) is 11.6 Å². The molecule has 8 atom stereocenters. The highest BCUT2D eigenvalue weighted by atomic mass is 16.5. The molecule has 4 nitrogen and oxygen atoms in total. The molecule has 0 aromatic rings. The molecule has 0 radical (unpaired) electrons. The van der Waals surface area contributed by atoms with Gasteiger partial charge in [0.25, 0.3) is 0 Å². The summed E-state index contributed by atoms with van der Waals surface area (Å²) in [6, 6.07) is 0. The Morgan fingerprint density at radius 2 is 1.76 bits per heavy atom. The van der Waals surface area contributed by atoms with Crippen LogP contribution in [0.25, 0.3) is 0 Å². The minimum Gasteiger partial charge on any atom is -0.481 e. The van der Waals surface area contributed by atoms with Gasteiger partial charge >= 0.3 is 11.9 Å². The van der Waals surface area contributed by atoms with Crippen molar-refractivity contribution < 1.29 is 19.4 Å². The smallest absolute Gasteiger partial charge is 0.306 e. The summed E-state index contributed by atoms with van der Waals surface area (Å²) in [5, 5.41) is 8.78. The second-order valence-electron chi connectivity index (χ2n) is 14.2. The number of carboxylic acid groups (broad SMARTS) is 1. The predicted octanol–water partition coefficient (Wildman–Crippen LogP) is 8.58. The number of aliphatic carboxylic acids is 1. The van der Waals surface area contributed by atoms with Gasteiger partial charge in [0, 0.05) is 19.3 Å². The first kappa shape index (κ1) is 28.7. The highest BCUT2D eigenvalue weighted by Gasteiger charge is 2.58. The minimum atomic E-state index is -0.796. The lowest BCUT2D eigenvalue weighted by Crippen LogP contribution is -2.50. The molecule has 0 spiro atoms. The topological polar surface area (TPSA) is 63.6 Å². The van der Waals surface area contributed by atoms with Crippen LogP contribution in [-0.2, 0) is 14.3 Å². The first-order valence-electron chi connectivity index (χ1n) is 15.7. The van der Waals surface area contributed by atoms with Gasteiger partial charge in [-0.3, -0.25) is 9.59 Å². The van der Waals surface area contributed by atoms with Crippen LogP contribution in [-0.4, -0.2) is 23.1 Å². The van der Waals surface area contributed by atoms with Crippen molar-refractivity contribution in [2.45, 2.75) is 137 Å². The molecular formula is C33H54O4. The zero-order valence-corrected chi connectivity index (χ0v) is 24.4. The molecule has 0 aliphatic heterocycles. The van der Waals surface area contributed by atoms with Gasteiger partial charge in [-0.05, 0) is 111 Å². The Morgan fingerprint density at radius 1 is 1.00 bits per heavy atom. The van der Waals surface area contributed by atoms with Crippen LogP contribution >= 0.6 is 0 Å². The molecule has 3 fully saturated rings. The number of unbranched alkanes of at least 4 members (excludes halogenated alkanes) is 1. The van der Waals surface area contributed by atoms with Gasteiger partial charge in [0.1, 0.15) is 6.10 Å². The fourth-order valence-corrected chi connectivity index (χ4v) is 9.12. The van der Waals surface area contributed by atoms with E-state index in [-0.39, 0.29) is 23.9 Å². The quantitative estimate of drug-likeness (QED) is 0.170. The van der Waals surface area contributed by atoms with Crippen molar-refractivity contribution in [1.29, 1.82) is 0 Å². The fourth-order valence-electron chi connectivity index (χ4n) is 9.12. The van der Waals surface area contributed by atoms with Gasteiger partial charge in [0.2, 0.25) is 0 Å². The largest absolute Gasteiger partial charge is 0.481 e. The maximum Gasteiger partial charge on any atom is 0.306 e. The lowest BCUT2D eigenvalue weighted by atomic mass is 9.47. The summed E-state index contributed by atoms with van der Waals surface area (Å²) in [6.07, 6.45) is 18.3. The second kappa shape index (κ2) is 11.8. The van der Waals surface area contributed by atoms with Crippen molar-refractivity contribution in [2.24, 2.45) is 46.3 Å². The summed E-state index contributed by atoms with van der Waals surface area (Å²) in [5.74, 6) is 4.12. The SMILES string of the molecule is CC(C)C(C)CCCC1CCC2C3CC=C4CC(OC(=O)CCCCC(=O)O)CCC4(C)C3CCC12C. The molecule has 0 saturated heterocycles. The summed E-state index contributed by atoms with van der Waals surface area (Å²) in [5.41, 5.74) is 2.38. The molecule has 4 aliphatic rings. The zero-order chi connectivity index (χ0) is 26.8. The van der Waals surface area contributed by atoms with Crippen molar-refractivity contribution in [3.8, 4) is 0 Å². The van der Waals surface area contributed by atoms with E-state index >= 15 is 0 Å². The average molecular weight is 515 g/mol. The third-order valence-electron chi connectivity index (χ3n) is 11.9. The number of hydrogen-bond donors (Lipinski definition) is 1. The van der Waals surface area contributed by atoms with E-state index in [1.807, 2.05) is 0 Å². The molecule has 0 bridgehead atoms. The van der Waals surface area contributed by atoms with Crippen LogP contribution in [0.1, 0.15) is 131 Å². The minimum absolute atomic E-state index is 0.000738. The number of rotatable bonds is 11. The van der Waals surface area contributed by atoms with Crippen molar-refractivity contribution >= 4 is 11.9 Å². The highest BCUT2D eigenvalue weighted by molar-refractivity contribution is 5.70. The Morgan fingerprint density at radius 3 is 2.49 bits per heavy atom. The number of ether oxygens (including phenoxy) is 1. The van der Waals surface area contributed by atoms with Gasteiger partial charge in [0.15, 0.2) is 0 Å². The van der Waals surface area contributed by atoms with Crippen LogP contribution in [0.5, 0.6) is 0 Å². The standard InChI is InChI=1S/C33H54O4/c1-22(2)23(3)9-8-10-24-14-16-28-27-15-13-25-21-26(37-31(36)12-7-6-11-30(34)35)17-19-33(25,5)29(27)18-20-32(24,28)4/h13,22-24,26-29H,6-12,14-21H2,1-5H3,(H,34,35). The summed E-state index contributed by atoms with van der Waals surface area (Å²) in [7, 11) is 0. The molecule has 0 aromatic carbocycles. The molecule has 1 N–H and O–H groups in total. The van der Waals surface area contributed by atoms with Gasteiger partial charge in [-0.2, -0.15) is 0 Å². The number of allylic oxidation sites excluding steroid dienone is 1. The first-order chi connectivity index (χ1) is 17.5. The third kappa shape index (κ3) is 6.14. The Labute approximate surface area is 226 Å². The molecule has 0 heterocycles. The van der Waals surface area contributed by atoms with Crippen molar-refractivity contribution in [3.63, 3.8) is 0 Å². The molecule has 8 unspecified atom stereocenters. The number of carbonyl (C=O) groups is 2. The van der Waals surface area contributed by atoms with Crippen LogP contribution in [0.2, 0.25) is 0 Å². The van der Waals surface area contributed by atoms with Crippen molar-refractivity contribution in [2.75, 3.05) is 0 Å². The number of carboxylic acids is 1. The average Bonchev–Trinajstić information content (AvgIpc) is 3.18. The summed E-state index contributed by atoms with van der Waals surface area (Å²) in [6.45, 7) is 12.4. The normalized spacial score (nSPS) is 37.8. The van der Waals surface area contributed by atoms with E-state index in [1.165, 1.54) is 51.4 Å². The Hall–Kier alpha value is -1.32. The molecule has 210 valence electrons. The lowest BCUT2D eigenvalue weighted by molar-refractivity contribution is -0.152. The molecule has 4 heteroatoms. The molecular weight excluding hydrogens is 460 g/mol. The van der Waals surface area contributed by atoms with Gasteiger partial charge in [0.05, 0.1) is 0 Å². The van der Waals surface area contributed by atoms with Gasteiger partial charge in [-0.15, -0.1) is 0 Å². The Kier molecular flexibility index (Phi) is 9.17. The van der Waals surface area contributed by atoms with Gasteiger partial charge in [-0.1, -0.05) is 59.1 Å². The van der Waals surface area contributed by atoms with E-state index in [0.29, 0.717) is 24.7 Å². The second-order valence-corrected chi connectivity index (χ2v) is 14.2. The van der Waals surface area contributed by atoms with E-state index in [0.717, 1.165) is 54.8 Å². The number of esters is 1. The van der Waals surface area contributed by atoms with Crippen molar-refractivity contribution in [1.82, 2.24) is 0 Å². The highest BCUT2D eigenvalue weighted by Crippen LogP contribution is 2.66. The number of hydrogen-bond acceptors (Lipinski definition) is 3. The fraction of sp³-hybridized carbons (Fsp3) is 0.879. The molecule has 4 aliphatic carbocycles. The number of fused-ring (bicyclic) bond motifs is 5. The van der Waals surface area contributed by atoms with Crippen LogP contribution in [0, 0.1) is 46.3 Å². The van der Waals surface area contributed by atoms with Crippen LogP contribution < -0.4 is 0 Å².